The van der Waals surface area contributed by atoms with Crippen molar-refractivity contribution < 1.29 is 31.1 Å². The molecule has 1 heterocycles. The van der Waals surface area contributed by atoms with Gasteiger partial charge in [-0.05, 0) is 35.9 Å². The Labute approximate surface area is 148 Å². The van der Waals surface area contributed by atoms with Crippen molar-refractivity contribution in [2.75, 3.05) is 10.7 Å². The molecule has 1 aliphatic rings. The average Bonchev–Trinajstić information content (AvgIpc) is 2.95. The predicted octanol–water partition coefficient (Wildman–Crippen LogP) is 5.50. The van der Waals surface area contributed by atoms with Crippen LogP contribution in [0.15, 0.2) is 48.5 Å². The van der Waals surface area contributed by atoms with E-state index in [1.807, 2.05) is 0 Å². The fourth-order valence-corrected chi connectivity index (χ4v) is 3.82. The maximum Gasteiger partial charge on any atom is 0.416 e. The van der Waals surface area contributed by atoms with Gasteiger partial charge in [0.1, 0.15) is 5.37 Å². The molecular weight excluding hydrogens is 380 g/mol. The highest BCUT2D eigenvalue weighted by atomic mass is 32.2. The molecular formula is C17H11F6NOS. The molecule has 9 heteroatoms. The first-order valence-corrected chi connectivity index (χ1v) is 8.40. The molecule has 1 saturated heterocycles. The van der Waals surface area contributed by atoms with Crippen LogP contribution in [-0.2, 0) is 17.1 Å². The summed E-state index contributed by atoms with van der Waals surface area (Å²) < 4.78 is 77.5. The van der Waals surface area contributed by atoms with Crippen molar-refractivity contribution in [3.8, 4) is 0 Å². The van der Waals surface area contributed by atoms with E-state index >= 15 is 0 Å². The lowest BCUT2D eigenvalue weighted by Crippen LogP contribution is -2.28. The molecule has 2 aromatic rings. The second-order valence-electron chi connectivity index (χ2n) is 5.60. The van der Waals surface area contributed by atoms with Crippen LogP contribution in [0, 0.1) is 0 Å². The second-order valence-corrected chi connectivity index (χ2v) is 6.67. The van der Waals surface area contributed by atoms with Crippen LogP contribution in [-0.4, -0.2) is 11.7 Å². The van der Waals surface area contributed by atoms with Gasteiger partial charge in [-0.3, -0.25) is 9.69 Å². The molecule has 3 rings (SSSR count). The topological polar surface area (TPSA) is 20.3 Å². The monoisotopic (exact) mass is 391 g/mol. The minimum absolute atomic E-state index is 0.00256. The Morgan fingerprint density at radius 3 is 2.08 bits per heavy atom. The summed E-state index contributed by atoms with van der Waals surface area (Å²) in [7, 11) is 0. The molecule has 1 atom stereocenters. The summed E-state index contributed by atoms with van der Waals surface area (Å²) in [4.78, 5) is 13.3. The Morgan fingerprint density at radius 1 is 0.885 bits per heavy atom. The van der Waals surface area contributed by atoms with E-state index in [2.05, 4.69) is 0 Å². The summed E-state index contributed by atoms with van der Waals surface area (Å²) in [6, 6.07) is 8.65. The summed E-state index contributed by atoms with van der Waals surface area (Å²) in [5.41, 5.74) is -1.60. The minimum atomic E-state index is -4.59. The van der Waals surface area contributed by atoms with E-state index in [4.69, 9.17) is 0 Å². The van der Waals surface area contributed by atoms with Crippen LogP contribution in [0.2, 0.25) is 0 Å². The zero-order valence-corrected chi connectivity index (χ0v) is 13.8. The Kier molecular flexibility index (Phi) is 4.68. The van der Waals surface area contributed by atoms with Gasteiger partial charge in [0.25, 0.3) is 0 Å². The van der Waals surface area contributed by atoms with Gasteiger partial charge in [-0.2, -0.15) is 26.3 Å². The first-order valence-electron chi connectivity index (χ1n) is 7.35. The molecule has 2 aromatic carbocycles. The largest absolute Gasteiger partial charge is 0.416 e. The molecule has 0 N–H and O–H groups in total. The lowest BCUT2D eigenvalue weighted by atomic mass is 10.1. The van der Waals surface area contributed by atoms with Crippen molar-refractivity contribution in [3.63, 3.8) is 0 Å². The zero-order chi connectivity index (χ0) is 19.1. The highest BCUT2D eigenvalue weighted by Gasteiger charge is 2.38. The number of rotatable bonds is 2. The van der Waals surface area contributed by atoms with E-state index < -0.39 is 34.8 Å². The molecule has 0 bridgehead atoms. The van der Waals surface area contributed by atoms with Crippen molar-refractivity contribution >= 4 is 23.4 Å². The molecule has 1 fully saturated rings. The van der Waals surface area contributed by atoms with Gasteiger partial charge in [0, 0.05) is 5.69 Å². The van der Waals surface area contributed by atoms with Gasteiger partial charge in [0.15, 0.2) is 0 Å². The summed E-state index contributed by atoms with van der Waals surface area (Å²) in [5.74, 6) is -0.492. The fourth-order valence-electron chi connectivity index (χ4n) is 2.65. The number of amides is 1. The first kappa shape index (κ1) is 18.6. The normalized spacial score (nSPS) is 18.5. The van der Waals surface area contributed by atoms with E-state index in [1.165, 1.54) is 18.2 Å². The minimum Gasteiger partial charge on any atom is -0.295 e. The summed E-state index contributed by atoms with van der Waals surface area (Å²) >= 11 is 1.07. The first-order chi connectivity index (χ1) is 12.1. The van der Waals surface area contributed by atoms with E-state index in [0.29, 0.717) is 0 Å². The molecule has 2 nitrogen and oxygen atoms in total. The van der Waals surface area contributed by atoms with Gasteiger partial charge >= 0.3 is 12.4 Å². The number of hydrogen-bond donors (Lipinski definition) is 0. The average molecular weight is 391 g/mol. The van der Waals surface area contributed by atoms with Crippen molar-refractivity contribution in [1.29, 1.82) is 0 Å². The Balaban J connectivity index is 2.01. The van der Waals surface area contributed by atoms with Gasteiger partial charge in [0.2, 0.25) is 5.91 Å². The summed E-state index contributed by atoms with van der Waals surface area (Å²) in [6.07, 6.45) is -9.14. The van der Waals surface area contributed by atoms with Crippen LogP contribution in [0.4, 0.5) is 32.0 Å². The van der Waals surface area contributed by atoms with Crippen molar-refractivity contribution in [2.45, 2.75) is 17.7 Å². The number of benzene rings is 2. The second kappa shape index (κ2) is 6.53. The lowest BCUT2D eigenvalue weighted by molar-refractivity contribution is -0.138. The number of carbonyl (C=O) groups excluding carboxylic acids is 1. The number of thioether (sulfide) groups is 1. The maximum atomic E-state index is 12.9. The quantitative estimate of drug-likeness (QED) is 0.630. The molecule has 26 heavy (non-hydrogen) atoms. The SMILES string of the molecule is O=C1CSC(c2cccc(C(F)(F)F)c2)N1c1cccc(C(F)(F)F)c1. The Morgan fingerprint density at radius 2 is 1.46 bits per heavy atom. The molecule has 0 aromatic heterocycles. The molecule has 0 aliphatic carbocycles. The molecule has 138 valence electrons. The number of halogens is 6. The van der Waals surface area contributed by atoms with Crippen LogP contribution < -0.4 is 4.90 Å². The third-order valence-corrected chi connectivity index (χ3v) is 5.03. The van der Waals surface area contributed by atoms with Gasteiger partial charge in [-0.15, -0.1) is 11.8 Å². The van der Waals surface area contributed by atoms with Gasteiger partial charge in [-0.25, -0.2) is 0 Å². The van der Waals surface area contributed by atoms with Crippen LogP contribution in [0.25, 0.3) is 0 Å². The van der Waals surface area contributed by atoms with Gasteiger partial charge in [-0.1, -0.05) is 18.2 Å². The highest BCUT2D eigenvalue weighted by molar-refractivity contribution is 8.00. The lowest BCUT2D eigenvalue weighted by Gasteiger charge is -2.25. The summed E-state index contributed by atoms with van der Waals surface area (Å²) in [5, 5.41) is -0.826. The standard InChI is InChI=1S/C17H11F6NOS/c18-16(19,20)11-4-1-3-10(7-11)15-24(14(25)9-26-15)13-6-2-5-12(8-13)17(21,22)23/h1-8,15H,9H2. The number of alkyl halides is 6. The summed E-state index contributed by atoms with van der Waals surface area (Å²) in [6.45, 7) is 0. The van der Waals surface area contributed by atoms with E-state index in [0.717, 1.165) is 47.0 Å². The van der Waals surface area contributed by atoms with Crippen molar-refractivity contribution in [1.82, 2.24) is 0 Å². The van der Waals surface area contributed by atoms with Crippen molar-refractivity contribution in [3.05, 3.63) is 65.2 Å². The van der Waals surface area contributed by atoms with E-state index in [-0.39, 0.29) is 17.0 Å². The Bertz CT molecular complexity index is 832. The molecule has 0 radical (unpaired) electrons. The molecule has 1 amide bonds. The predicted molar refractivity (Wildman–Crippen MR) is 85.6 cm³/mol. The molecule has 0 saturated carbocycles. The number of nitrogens with zero attached hydrogens (tertiary/aromatic N) is 1. The van der Waals surface area contributed by atoms with Crippen molar-refractivity contribution in [2.24, 2.45) is 0 Å². The Hall–Kier alpha value is -2.16. The fraction of sp³-hybridized carbons (Fsp3) is 0.235. The van der Waals surface area contributed by atoms with Crippen LogP contribution >= 0.6 is 11.8 Å². The third kappa shape index (κ3) is 3.67. The molecule has 1 unspecified atom stereocenters. The van der Waals surface area contributed by atoms with Gasteiger partial charge in [0.05, 0.1) is 16.9 Å². The van der Waals surface area contributed by atoms with Crippen LogP contribution in [0.3, 0.4) is 0 Å². The number of carbonyl (C=O) groups is 1. The molecule has 0 spiro atoms. The number of hydrogen-bond acceptors (Lipinski definition) is 2. The number of anilines is 1. The van der Waals surface area contributed by atoms with Crippen LogP contribution in [0.1, 0.15) is 22.1 Å². The van der Waals surface area contributed by atoms with Gasteiger partial charge < -0.3 is 0 Å². The zero-order valence-electron chi connectivity index (χ0n) is 12.9. The van der Waals surface area contributed by atoms with Crippen LogP contribution in [0.5, 0.6) is 0 Å². The maximum absolute atomic E-state index is 12.9. The smallest absolute Gasteiger partial charge is 0.295 e. The van der Waals surface area contributed by atoms with E-state index in [1.54, 1.807) is 0 Å². The van der Waals surface area contributed by atoms with E-state index in [9.17, 15) is 31.1 Å². The molecule has 1 aliphatic heterocycles. The third-order valence-electron chi connectivity index (χ3n) is 3.82. The highest BCUT2D eigenvalue weighted by Crippen LogP contribution is 2.44.